The Bertz CT molecular complexity index is 153. The molecule has 0 bridgehead atoms. The molecular weight excluding hydrogens is 138 g/mol. The molecule has 1 rings (SSSR count). The Morgan fingerprint density at radius 1 is 1.73 bits per heavy atom. The van der Waals surface area contributed by atoms with Crippen molar-refractivity contribution in [2.45, 2.75) is 32.7 Å². The molecule has 3 heteroatoms. The summed E-state index contributed by atoms with van der Waals surface area (Å²) in [4.78, 5) is 6.36. The van der Waals surface area contributed by atoms with E-state index in [0.717, 1.165) is 19.0 Å². The quantitative estimate of drug-likeness (QED) is 0.655. The highest BCUT2D eigenvalue weighted by Crippen LogP contribution is 2.08. The van der Waals surface area contributed by atoms with Crippen LogP contribution in [0.1, 0.15) is 26.7 Å². The highest BCUT2D eigenvalue weighted by molar-refractivity contribution is 5.80. The SMILES string of the molecule is CCCCN1C(N)=NCC1C. The van der Waals surface area contributed by atoms with Crippen LogP contribution in [-0.2, 0) is 0 Å². The van der Waals surface area contributed by atoms with Crippen LogP contribution in [-0.4, -0.2) is 30.0 Å². The molecular formula is C8H17N3. The Hall–Kier alpha value is -0.730. The van der Waals surface area contributed by atoms with Crippen LogP contribution in [0.2, 0.25) is 0 Å². The van der Waals surface area contributed by atoms with Gasteiger partial charge in [0, 0.05) is 12.6 Å². The average Bonchev–Trinajstić information content (AvgIpc) is 2.29. The third-order valence-electron chi connectivity index (χ3n) is 2.10. The molecule has 0 radical (unpaired) electrons. The number of aliphatic imine (C=N–C) groups is 1. The molecule has 0 saturated carbocycles. The summed E-state index contributed by atoms with van der Waals surface area (Å²) in [6, 6.07) is 0.515. The van der Waals surface area contributed by atoms with E-state index in [1.165, 1.54) is 12.8 Å². The first-order chi connectivity index (χ1) is 5.25. The van der Waals surface area contributed by atoms with Crippen molar-refractivity contribution in [3.05, 3.63) is 0 Å². The monoisotopic (exact) mass is 155 g/mol. The van der Waals surface area contributed by atoms with Gasteiger partial charge in [-0.15, -0.1) is 0 Å². The largest absolute Gasteiger partial charge is 0.370 e. The first-order valence-corrected chi connectivity index (χ1v) is 4.32. The van der Waals surface area contributed by atoms with Gasteiger partial charge in [-0.1, -0.05) is 13.3 Å². The Kier molecular flexibility index (Phi) is 2.74. The minimum atomic E-state index is 0.515. The number of hydrogen-bond donors (Lipinski definition) is 1. The van der Waals surface area contributed by atoms with Crippen LogP contribution < -0.4 is 5.73 Å². The first kappa shape index (κ1) is 8.37. The molecule has 2 N–H and O–H groups in total. The number of nitrogens with zero attached hydrogens (tertiary/aromatic N) is 2. The molecule has 0 amide bonds. The van der Waals surface area contributed by atoms with Gasteiger partial charge in [0.1, 0.15) is 0 Å². The molecule has 0 aromatic rings. The van der Waals surface area contributed by atoms with E-state index in [1.807, 2.05) is 0 Å². The molecule has 1 aliphatic heterocycles. The van der Waals surface area contributed by atoms with Gasteiger partial charge in [0.2, 0.25) is 0 Å². The van der Waals surface area contributed by atoms with Crippen LogP contribution in [0, 0.1) is 0 Å². The van der Waals surface area contributed by atoms with Crippen molar-refractivity contribution >= 4 is 5.96 Å². The van der Waals surface area contributed by atoms with Crippen molar-refractivity contribution in [3.63, 3.8) is 0 Å². The fourth-order valence-corrected chi connectivity index (χ4v) is 1.30. The second kappa shape index (κ2) is 3.60. The Balaban J connectivity index is 2.36. The van der Waals surface area contributed by atoms with Gasteiger partial charge >= 0.3 is 0 Å². The molecule has 1 unspecified atom stereocenters. The van der Waals surface area contributed by atoms with Gasteiger partial charge in [-0.05, 0) is 13.3 Å². The molecule has 11 heavy (non-hydrogen) atoms. The number of guanidine groups is 1. The zero-order valence-corrected chi connectivity index (χ0v) is 7.38. The van der Waals surface area contributed by atoms with E-state index in [-0.39, 0.29) is 0 Å². The maximum Gasteiger partial charge on any atom is 0.191 e. The van der Waals surface area contributed by atoms with E-state index in [2.05, 4.69) is 23.7 Å². The van der Waals surface area contributed by atoms with E-state index in [9.17, 15) is 0 Å². The zero-order chi connectivity index (χ0) is 8.27. The smallest absolute Gasteiger partial charge is 0.191 e. The molecule has 1 heterocycles. The molecule has 1 atom stereocenters. The van der Waals surface area contributed by atoms with Gasteiger partial charge < -0.3 is 10.6 Å². The van der Waals surface area contributed by atoms with Crippen molar-refractivity contribution in [3.8, 4) is 0 Å². The maximum atomic E-state index is 5.69. The van der Waals surface area contributed by atoms with E-state index in [0.29, 0.717) is 6.04 Å². The summed E-state index contributed by atoms with van der Waals surface area (Å²) in [5.41, 5.74) is 5.69. The molecule has 0 spiro atoms. The van der Waals surface area contributed by atoms with Gasteiger partial charge in [-0.3, -0.25) is 4.99 Å². The molecule has 0 aliphatic carbocycles. The summed E-state index contributed by atoms with van der Waals surface area (Å²) in [5.74, 6) is 0.728. The number of nitrogens with two attached hydrogens (primary N) is 1. The van der Waals surface area contributed by atoms with Crippen LogP contribution >= 0.6 is 0 Å². The van der Waals surface area contributed by atoms with Crippen LogP contribution in [0.25, 0.3) is 0 Å². The predicted molar refractivity (Wildman–Crippen MR) is 47.6 cm³/mol. The van der Waals surface area contributed by atoms with Gasteiger partial charge in [-0.2, -0.15) is 0 Å². The lowest BCUT2D eigenvalue weighted by Gasteiger charge is -2.22. The Morgan fingerprint density at radius 3 is 2.91 bits per heavy atom. The van der Waals surface area contributed by atoms with Gasteiger partial charge in [-0.25, -0.2) is 0 Å². The van der Waals surface area contributed by atoms with Crippen LogP contribution in [0.3, 0.4) is 0 Å². The molecule has 0 fully saturated rings. The van der Waals surface area contributed by atoms with E-state index in [4.69, 9.17) is 5.73 Å². The van der Waals surface area contributed by atoms with Crippen molar-refractivity contribution in [2.75, 3.05) is 13.1 Å². The third kappa shape index (κ3) is 1.85. The standard InChI is InChI=1S/C8H17N3/c1-3-4-5-11-7(2)6-10-8(11)9/h7H,3-6H2,1-2H3,(H2,9,10). The van der Waals surface area contributed by atoms with Crippen molar-refractivity contribution in [1.82, 2.24) is 4.90 Å². The predicted octanol–water partition coefficient (Wildman–Crippen LogP) is 0.805. The van der Waals surface area contributed by atoms with Crippen molar-refractivity contribution in [2.24, 2.45) is 10.7 Å². The summed E-state index contributed by atoms with van der Waals surface area (Å²) in [6.07, 6.45) is 2.43. The van der Waals surface area contributed by atoms with E-state index < -0.39 is 0 Å². The molecule has 0 saturated heterocycles. The van der Waals surface area contributed by atoms with E-state index >= 15 is 0 Å². The van der Waals surface area contributed by atoms with Crippen molar-refractivity contribution in [1.29, 1.82) is 0 Å². The summed E-state index contributed by atoms with van der Waals surface area (Å²) < 4.78 is 0. The van der Waals surface area contributed by atoms with Gasteiger partial charge in [0.15, 0.2) is 5.96 Å². The molecule has 1 aliphatic rings. The number of rotatable bonds is 3. The zero-order valence-electron chi connectivity index (χ0n) is 7.38. The summed E-state index contributed by atoms with van der Waals surface area (Å²) in [6.45, 7) is 6.29. The fraction of sp³-hybridized carbons (Fsp3) is 0.875. The first-order valence-electron chi connectivity index (χ1n) is 4.32. The maximum absolute atomic E-state index is 5.69. The lowest BCUT2D eigenvalue weighted by Crippen LogP contribution is -2.39. The second-order valence-electron chi connectivity index (χ2n) is 3.09. The lowest BCUT2D eigenvalue weighted by molar-refractivity contribution is 0.353. The molecule has 64 valence electrons. The van der Waals surface area contributed by atoms with Crippen LogP contribution in [0.4, 0.5) is 0 Å². The Labute approximate surface area is 68.3 Å². The number of unbranched alkanes of at least 4 members (excludes halogenated alkanes) is 1. The average molecular weight is 155 g/mol. The second-order valence-corrected chi connectivity index (χ2v) is 3.09. The third-order valence-corrected chi connectivity index (χ3v) is 2.10. The molecule has 0 aromatic carbocycles. The minimum Gasteiger partial charge on any atom is -0.370 e. The normalized spacial score (nSPS) is 24.0. The Morgan fingerprint density at radius 2 is 2.45 bits per heavy atom. The highest BCUT2D eigenvalue weighted by atomic mass is 15.3. The highest BCUT2D eigenvalue weighted by Gasteiger charge is 2.20. The molecule has 0 aromatic heterocycles. The summed E-state index contributed by atoms with van der Waals surface area (Å²) in [5, 5.41) is 0. The van der Waals surface area contributed by atoms with Crippen molar-refractivity contribution < 1.29 is 0 Å². The topological polar surface area (TPSA) is 41.6 Å². The van der Waals surface area contributed by atoms with Crippen LogP contribution in [0.15, 0.2) is 4.99 Å². The lowest BCUT2D eigenvalue weighted by atomic mass is 10.2. The van der Waals surface area contributed by atoms with Gasteiger partial charge in [0.25, 0.3) is 0 Å². The minimum absolute atomic E-state index is 0.515. The summed E-state index contributed by atoms with van der Waals surface area (Å²) >= 11 is 0. The molecule has 3 nitrogen and oxygen atoms in total. The number of hydrogen-bond acceptors (Lipinski definition) is 3. The van der Waals surface area contributed by atoms with Crippen LogP contribution in [0.5, 0.6) is 0 Å². The van der Waals surface area contributed by atoms with Gasteiger partial charge in [0.05, 0.1) is 6.54 Å². The van der Waals surface area contributed by atoms with E-state index in [1.54, 1.807) is 0 Å². The fourth-order valence-electron chi connectivity index (χ4n) is 1.30. The summed E-state index contributed by atoms with van der Waals surface area (Å²) in [7, 11) is 0.